The van der Waals surface area contributed by atoms with Crippen LogP contribution < -0.4 is 11.1 Å². The molecule has 1 amide bonds. The Labute approximate surface area is 131 Å². The lowest BCUT2D eigenvalue weighted by molar-refractivity contribution is -0.127. The van der Waals surface area contributed by atoms with Crippen LogP contribution in [0.2, 0.25) is 5.02 Å². The Bertz CT molecular complexity index is 543. The Morgan fingerprint density at radius 1 is 1.58 bits per heavy atom. The molecule has 1 aromatic carbocycles. The summed E-state index contributed by atoms with van der Waals surface area (Å²) < 4.78 is 0.858. The smallest absolute Gasteiger partial charge is 0.237 e. The fourth-order valence-electron chi connectivity index (χ4n) is 2.46. The molecular formula is C13H14BrClN2OS. The third kappa shape index (κ3) is 2.78. The number of halogens is 2. The summed E-state index contributed by atoms with van der Waals surface area (Å²) in [5, 5.41) is 3.30. The summed E-state index contributed by atoms with van der Waals surface area (Å²) in [6.07, 6.45) is 1.39. The van der Waals surface area contributed by atoms with Gasteiger partial charge in [0.1, 0.15) is 0 Å². The molecular weight excluding hydrogens is 348 g/mol. The lowest BCUT2D eigenvalue weighted by atomic mass is 9.62. The van der Waals surface area contributed by atoms with Crippen molar-refractivity contribution in [1.29, 1.82) is 0 Å². The van der Waals surface area contributed by atoms with E-state index < -0.39 is 5.41 Å². The number of carbonyl (C=O) groups is 1. The fourth-order valence-corrected chi connectivity index (χ4v) is 3.44. The maximum absolute atomic E-state index is 12.4. The minimum atomic E-state index is -0.717. The van der Waals surface area contributed by atoms with Gasteiger partial charge in [-0.1, -0.05) is 46.7 Å². The third-order valence-corrected chi connectivity index (χ3v) is 4.68. The van der Waals surface area contributed by atoms with Gasteiger partial charge in [0.2, 0.25) is 5.91 Å². The zero-order chi connectivity index (χ0) is 14.2. The average molecular weight is 362 g/mol. The van der Waals surface area contributed by atoms with Gasteiger partial charge in [-0.05, 0) is 37.0 Å². The molecule has 1 saturated carbocycles. The van der Waals surface area contributed by atoms with Gasteiger partial charge in [0, 0.05) is 4.47 Å². The largest absolute Gasteiger partial charge is 0.392 e. The van der Waals surface area contributed by atoms with Crippen LogP contribution in [0, 0.1) is 11.3 Å². The van der Waals surface area contributed by atoms with Crippen molar-refractivity contribution in [2.24, 2.45) is 17.1 Å². The summed E-state index contributed by atoms with van der Waals surface area (Å²) in [4.78, 5) is 12.7. The van der Waals surface area contributed by atoms with Crippen LogP contribution in [-0.2, 0) is 4.79 Å². The van der Waals surface area contributed by atoms with Crippen LogP contribution in [0.4, 0.5) is 5.69 Å². The van der Waals surface area contributed by atoms with Gasteiger partial charge in [0.05, 0.1) is 21.1 Å². The van der Waals surface area contributed by atoms with Crippen LogP contribution in [0.25, 0.3) is 0 Å². The van der Waals surface area contributed by atoms with E-state index in [-0.39, 0.29) is 10.9 Å². The zero-order valence-electron chi connectivity index (χ0n) is 10.4. The number of carbonyl (C=O) groups excluding carboxylic acids is 1. The fraction of sp³-hybridized carbons (Fsp3) is 0.385. The average Bonchev–Trinajstić information content (AvgIpc) is 2.27. The summed E-state index contributed by atoms with van der Waals surface area (Å²) >= 11 is 14.5. The van der Waals surface area contributed by atoms with Gasteiger partial charge in [-0.15, -0.1) is 0 Å². The SMILES string of the molecule is CC1CC(C(=O)Nc2ccc(Br)cc2Cl)(C(N)=S)C1. The first-order chi connectivity index (χ1) is 8.85. The van der Waals surface area contributed by atoms with E-state index in [0.717, 1.165) is 4.47 Å². The molecule has 6 heteroatoms. The number of benzene rings is 1. The summed E-state index contributed by atoms with van der Waals surface area (Å²) in [5.41, 5.74) is 5.60. The van der Waals surface area contributed by atoms with Crippen molar-refractivity contribution in [1.82, 2.24) is 0 Å². The van der Waals surface area contributed by atoms with Gasteiger partial charge in [-0.3, -0.25) is 4.79 Å². The molecule has 0 heterocycles. The number of hydrogen-bond acceptors (Lipinski definition) is 2. The summed E-state index contributed by atoms with van der Waals surface area (Å²) in [7, 11) is 0. The molecule has 0 radical (unpaired) electrons. The van der Waals surface area contributed by atoms with Crippen LogP contribution in [0.5, 0.6) is 0 Å². The monoisotopic (exact) mass is 360 g/mol. The highest BCUT2D eigenvalue weighted by Gasteiger charge is 2.50. The van der Waals surface area contributed by atoms with E-state index in [9.17, 15) is 4.79 Å². The lowest BCUT2D eigenvalue weighted by Gasteiger charge is -2.44. The maximum atomic E-state index is 12.4. The molecule has 3 N–H and O–H groups in total. The van der Waals surface area contributed by atoms with E-state index in [1.807, 2.05) is 6.07 Å². The molecule has 2 rings (SSSR count). The predicted octanol–water partition coefficient (Wildman–Crippen LogP) is 3.74. The van der Waals surface area contributed by atoms with Gasteiger partial charge in [-0.25, -0.2) is 0 Å². The Hall–Kier alpha value is -0.650. The molecule has 1 aliphatic rings. The molecule has 0 saturated heterocycles. The molecule has 3 nitrogen and oxygen atoms in total. The number of nitrogens with two attached hydrogens (primary N) is 1. The molecule has 1 aromatic rings. The first-order valence-corrected chi connectivity index (χ1v) is 7.49. The lowest BCUT2D eigenvalue weighted by Crippen LogP contribution is -2.53. The zero-order valence-corrected chi connectivity index (χ0v) is 13.5. The van der Waals surface area contributed by atoms with E-state index in [1.54, 1.807) is 12.1 Å². The van der Waals surface area contributed by atoms with Crippen molar-refractivity contribution in [3.63, 3.8) is 0 Å². The van der Waals surface area contributed by atoms with Crippen LogP contribution in [0.3, 0.4) is 0 Å². The summed E-state index contributed by atoms with van der Waals surface area (Å²) in [5.74, 6) is 0.301. The van der Waals surface area contributed by atoms with Crippen LogP contribution in [0.1, 0.15) is 19.8 Å². The Morgan fingerprint density at radius 3 is 2.68 bits per heavy atom. The van der Waals surface area contributed by atoms with E-state index in [4.69, 9.17) is 29.6 Å². The molecule has 1 fully saturated rings. The molecule has 0 aliphatic heterocycles. The van der Waals surface area contributed by atoms with Crippen molar-refractivity contribution in [2.45, 2.75) is 19.8 Å². The standard InChI is InChI=1S/C13H14BrClN2OS/c1-7-5-13(6-7,11(16)19)12(18)17-10-3-2-8(14)4-9(10)15/h2-4,7H,5-6H2,1H3,(H2,16,19)(H,17,18). The van der Waals surface area contributed by atoms with Crippen LogP contribution >= 0.6 is 39.7 Å². The number of anilines is 1. The number of rotatable bonds is 3. The van der Waals surface area contributed by atoms with E-state index in [0.29, 0.717) is 29.5 Å². The first-order valence-electron chi connectivity index (χ1n) is 5.91. The number of thiocarbonyl (C=S) groups is 1. The maximum Gasteiger partial charge on any atom is 0.237 e. The van der Waals surface area contributed by atoms with Crippen LogP contribution in [-0.4, -0.2) is 10.9 Å². The van der Waals surface area contributed by atoms with Gasteiger partial charge in [-0.2, -0.15) is 0 Å². The highest BCUT2D eigenvalue weighted by atomic mass is 79.9. The molecule has 0 aromatic heterocycles. The number of hydrogen-bond donors (Lipinski definition) is 2. The van der Waals surface area contributed by atoms with Crippen molar-refractivity contribution >= 4 is 56.3 Å². The van der Waals surface area contributed by atoms with Crippen molar-refractivity contribution < 1.29 is 4.79 Å². The van der Waals surface area contributed by atoms with Crippen LogP contribution in [0.15, 0.2) is 22.7 Å². The van der Waals surface area contributed by atoms with E-state index in [2.05, 4.69) is 28.2 Å². The Balaban J connectivity index is 2.19. The minimum absolute atomic E-state index is 0.165. The first kappa shape index (κ1) is 14.8. The van der Waals surface area contributed by atoms with Gasteiger partial charge in [0.15, 0.2) is 0 Å². The van der Waals surface area contributed by atoms with Crippen molar-refractivity contribution in [3.8, 4) is 0 Å². The quantitative estimate of drug-likeness (QED) is 0.806. The molecule has 102 valence electrons. The normalized spacial score (nSPS) is 25.5. The highest BCUT2D eigenvalue weighted by Crippen LogP contribution is 2.46. The van der Waals surface area contributed by atoms with Crippen molar-refractivity contribution in [2.75, 3.05) is 5.32 Å². The van der Waals surface area contributed by atoms with Crippen molar-refractivity contribution in [3.05, 3.63) is 27.7 Å². The highest BCUT2D eigenvalue weighted by molar-refractivity contribution is 9.10. The van der Waals surface area contributed by atoms with E-state index >= 15 is 0 Å². The third-order valence-electron chi connectivity index (χ3n) is 3.48. The molecule has 19 heavy (non-hydrogen) atoms. The predicted molar refractivity (Wildman–Crippen MR) is 85.4 cm³/mol. The number of amides is 1. The van der Waals surface area contributed by atoms with Gasteiger partial charge >= 0.3 is 0 Å². The van der Waals surface area contributed by atoms with Gasteiger partial charge in [0.25, 0.3) is 0 Å². The Morgan fingerprint density at radius 2 is 2.21 bits per heavy atom. The summed E-state index contributed by atoms with van der Waals surface area (Å²) in [6, 6.07) is 5.30. The number of nitrogens with one attached hydrogen (secondary N) is 1. The second kappa shape index (κ2) is 5.38. The summed E-state index contributed by atoms with van der Waals surface area (Å²) in [6.45, 7) is 2.08. The molecule has 0 spiro atoms. The second-order valence-corrected chi connectivity index (χ2v) is 6.80. The minimum Gasteiger partial charge on any atom is -0.392 e. The molecule has 0 atom stereocenters. The topological polar surface area (TPSA) is 55.1 Å². The molecule has 0 unspecified atom stereocenters. The van der Waals surface area contributed by atoms with E-state index in [1.165, 1.54) is 0 Å². The Kier molecular flexibility index (Phi) is 4.18. The second-order valence-electron chi connectivity index (χ2n) is 5.04. The molecule has 1 aliphatic carbocycles. The molecule has 0 bridgehead atoms. The van der Waals surface area contributed by atoms with Gasteiger partial charge < -0.3 is 11.1 Å².